The van der Waals surface area contributed by atoms with E-state index in [0.717, 1.165) is 19.3 Å². The van der Waals surface area contributed by atoms with Gasteiger partial charge in [-0.3, -0.25) is 9.35 Å². The van der Waals surface area contributed by atoms with E-state index in [9.17, 15) is 13.2 Å². The number of esters is 1. The minimum atomic E-state index is -4.22. The second kappa shape index (κ2) is 7.04. The molecule has 0 aromatic heterocycles. The van der Waals surface area contributed by atoms with E-state index >= 15 is 0 Å². The highest BCUT2D eigenvalue weighted by molar-refractivity contribution is 7.85. The molecule has 118 valence electrons. The summed E-state index contributed by atoms with van der Waals surface area (Å²) in [6, 6.07) is 5.07. The van der Waals surface area contributed by atoms with Crippen LogP contribution in [0.15, 0.2) is 29.2 Å². The number of carbonyl (C=O) groups is 1. The molecule has 1 aromatic carbocycles. The molecule has 0 saturated carbocycles. The third-order valence-electron chi connectivity index (χ3n) is 2.91. The molecule has 0 fully saturated rings. The van der Waals surface area contributed by atoms with Gasteiger partial charge in [-0.25, -0.2) is 0 Å². The lowest BCUT2D eigenvalue weighted by molar-refractivity contribution is -0.134. The molecule has 0 heterocycles. The molecule has 1 rings (SSSR count). The molecule has 0 aliphatic rings. The van der Waals surface area contributed by atoms with Gasteiger partial charge in [0.2, 0.25) is 0 Å². The lowest BCUT2D eigenvalue weighted by Gasteiger charge is -2.17. The van der Waals surface area contributed by atoms with Crippen molar-refractivity contribution in [3.8, 4) is 5.75 Å². The number of carbonyl (C=O) groups excluding carboxylic acids is 1. The lowest BCUT2D eigenvalue weighted by atomic mass is 9.89. The van der Waals surface area contributed by atoms with Crippen molar-refractivity contribution in [1.29, 1.82) is 0 Å². The van der Waals surface area contributed by atoms with Crippen LogP contribution in [0.4, 0.5) is 0 Å². The van der Waals surface area contributed by atoms with Gasteiger partial charge < -0.3 is 4.74 Å². The zero-order valence-corrected chi connectivity index (χ0v) is 13.4. The second-order valence-corrected chi connectivity index (χ2v) is 7.61. The molecular weight excluding hydrogens is 292 g/mol. The van der Waals surface area contributed by atoms with Gasteiger partial charge in [0.25, 0.3) is 10.1 Å². The Morgan fingerprint density at radius 3 is 2.19 bits per heavy atom. The van der Waals surface area contributed by atoms with Crippen LogP contribution in [-0.4, -0.2) is 18.9 Å². The predicted molar refractivity (Wildman–Crippen MR) is 79.8 cm³/mol. The van der Waals surface area contributed by atoms with Crippen molar-refractivity contribution >= 4 is 16.1 Å². The van der Waals surface area contributed by atoms with Crippen LogP contribution in [-0.2, 0) is 14.9 Å². The summed E-state index contributed by atoms with van der Waals surface area (Å²) in [7, 11) is -4.22. The Morgan fingerprint density at radius 1 is 1.14 bits per heavy atom. The molecule has 0 spiro atoms. The standard InChI is InChI=1S/C15H22O5S/c1-15(2,3)11-5-4-6-14(16)20-12-7-9-13(10-8-12)21(17,18)19/h7-10H,4-6,11H2,1-3H3,(H,17,18,19). The number of unbranched alkanes of at least 4 members (excludes halogenated alkanes) is 1. The van der Waals surface area contributed by atoms with Crippen LogP contribution in [0.25, 0.3) is 0 Å². The normalized spacial score (nSPS) is 12.2. The molecule has 0 saturated heterocycles. The topological polar surface area (TPSA) is 80.7 Å². The largest absolute Gasteiger partial charge is 0.427 e. The van der Waals surface area contributed by atoms with Crippen LogP contribution >= 0.6 is 0 Å². The van der Waals surface area contributed by atoms with Crippen LogP contribution in [0.1, 0.15) is 46.5 Å². The second-order valence-electron chi connectivity index (χ2n) is 6.19. The minimum Gasteiger partial charge on any atom is -0.427 e. The lowest BCUT2D eigenvalue weighted by Crippen LogP contribution is -2.09. The Balaban J connectivity index is 2.42. The van der Waals surface area contributed by atoms with Gasteiger partial charge in [0.1, 0.15) is 5.75 Å². The molecule has 21 heavy (non-hydrogen) atoms. The first kappa shape index (κ1) is 17.7. The van der Waals surface area contributed by atoms with E-state index < -0.39 is 10.1 Å². The monoisotopic (exact) mass is 314 g/mol. The number of rotatable bonds is 6. The molecule has 0 amide bonds. The highest BCUT2D eigenvalue weighted by Crippen LogP contribution is 2.22. The van der Waals surface area contributed by atoms with Crippen molar-refractivity contribution in [3.63, 3.8) is 0 Å². The summed E-state index contributed by atoms with van der Waals surface area (Å²) in [4.78, 5) is 11.4. The first-order valence-corrected chi connectivity index (χ1v) is 8.30. The van der Waals surface area contributed by atoms with Crippen LogP contribution in [0.5, 0.6) is 5.75 Å². The Hall–Kier alpha value is -1.40. The third kappa shape index (κ3) is 7.24. The van der Waals surface area contributed by atoms with Crippen LogP contribution in [0.3, 0.4) is 0 Å². The Bertz CT molecular complexity index is 567. The summed E-state index contributed by atoms with van der Waals surface area (Å²) in [6.45, 7) is 6.46. The predicted octanol–water partition coefficient (Wildman–Crippen LogP) is 3.45. The molecule has 0 unspecified atom stereocenters. The third-order valence-corrected chi connectivity index (χ3v) is 3.78. The van der Waals surface area contributed by atoms with Gasteiger partial charge in [-0.2, -0.15) is 8.42 Å². The summed E-state index contributed by atoms with van der Waals surface area (Å²) in [6.07, 6.45) is 3.10. The van der Waals surface area contributed by atoms with E-state index in [2.05, 4.69) is 20.8 Å². The summed E-state index contributed by atoms with van der Waals surface area (Å²) in [5, 5.41) is 0. The smallest absolute Gasteiger partial charge is 0.311 e. The van der Waals surface area contributed by atoms with Crippen molar-refractivity contribution in [2.45, 2.75) is 51.3 Å². The molecule has 0 bridgehead atoms. The Labute approximate surface area is 126 Å². The number of benzene rings is 1. The molecule has 5 nitrogen and oxygen atoms in total. The summed E-state index contributed by atoms with van der Waals surface area (Å²) in [5.74, 6) is -0.0771. The molecule has 0 aliphatic carbocycles. The van der Waals surface area contributed by atoms with Gasteiger partial charge in [-0.15, -0.1) is 0 Å². The zero-order valence-electron chi connectivity index (χ0n) is 12.6. The van der Waals surface area contributed by atoms with E-state index in [1.807, 2.05) is 0 Å². The van der Waals surface area contributed by atoms with Gasteiger partial charge in [-0.05, 0) is 42.5 Å². The molecule has 6 heteroatoms. The maximum Gasteiger partial charge on any atom is 0.311 e. The van der Waals surface area contributed by atoms with Gasteiger partial charge in [0.15, 0.2) is 0 Å². The van der Waals surface area contributed by atoms with Crippen LogP contribution < -0.4 is 4.74 Å². The summed E-state index contributed by atoms with van der Waals surface area (Å²) >= 11 is 0. The van der Waals surface area contributed by atoms with E-state index in [1.165, 1.54) is 24.3 Å². The van der Waals surface area contributed by atoms with Crippen molar-refractivity contribution in [2.24, 2.45) is 5.41 Å². The van der Waals surface area contributed by atoms with Crippen LogP contribution in [0.2, 0.25) is 0 Å². The summed E-state index contributed by atoms with van der Waals surface area (Å²) < 4.78 is 35.7. The first-order valence-electron chi connectivity index (χ1n) is 6.86. The van der Waals surface area contributed by atoms with Gasteiger partial charge >= 0.3 is 5.97 Å². The van der Waals surface area contributed by atoms with Crippen molar-refractivity contribution < 1.29 is 22.5 Å². The van der Waals surface area contributed by atoms with Gasteiger partial charge in [0, 0.05) is 6.42 Å². The van der Waals surface area contributed by atoms with Crippen molar-refractivity contribution in [2.75, 3.05) is 0 Å². The molecule has 0 aliphatic heterocycles. The van der Waals surface area contributed by atoms with Crippen molar-refractivity contribution in [3.05, 3.63) is 24.3 Å². The average molecular weight is 314 g/mol. The Morgan fingerprint density at radius 2 is 1.71 bits per heavy atom. The first-order chi connectivity index (χ1) is 9.58. The SMILES string of the molecule is CC(C)(C)CCCCC(=O)Oc1ccc(S(=O)(=O)O)cc1. The average Bonchev–Trinajstić information content (AvgIpc) is 2.33. The van der Waals surface area contributed by atoms with E-state index in [4.69, 9.17) is 9.29 Å². The van der Waals surface area contributed by atoms with Gasteiger partial charge in [-0.1, -0.05) is 27.2 Å². The van der Waals surface area contributed by atoms with E-state index in [0.29, 0.717) is 6.42 Å². The fraction of sp³-hybridized carbons (Fsp3) is 0.533. The fourth-order valence-corrected chi connectivity index (χ4v) is 2.27. The molecule has 0 radical (unpaired) electrons. The van der Waals surface area contributed by atoms with E-state index in [-0.39, 0.29) is 22.0 Å². The number of hydrogen-bond donors (Lipinski definition) is 1. The summed E-state index contributed by atoms with van der Waals surface area (Å²) in [5.41, 5.74) is 0.259. The molecule has 1 aromatic rings. The maximum atomic E-state index is 11.6. The fourth-order valence-electron chi connectivity index (χ4n) is 1.79. The highest BCUT2D eigenvalue weighted by Gasteiger charge is 2.12. The quantitative estimate of drug-likeness (QED) is 0.376. The minimum absolute atomic E-state index is 0.229. The molecular formula is C15H22O5S. The number of ether oxygens (including phenoxy) is 1. The van der Waals surface area contributed by atoms with Crippen LogP contribution in [0, 0.1) is 5.41 Å². The van der Waals surface area contributed by atoms with E-state index in [1.54, 1.807) is 0 Å². The van der Waals surface area contributed by atoms with Gasteiger partial charge in [0.05, 0.1) is 4.90 Å². The molecule has 1 N–H and O–H groups in total. The zero-order chi connectivity index (χ0) is 16.1. The highest BCUT2D eigenvalue weighted by atomic mass is 32.2. The Kier molecular flexibility index (Phi) is 5.92. The molecule has 0 atom stereocenters. The number of hydrogen-bond acceptors (Lipinski definition) is 4. The maximum absolute atomic E-state index is 11.6. The van der Waals surface area contributed by atoms with Crippen molar-refractivity contribution in [1.82, 2.24) is 0 Å².